The molecule has 2 rings (SSSR count). The predicted molar refractivity (Wildman–Crippen MR) is 67.5 cm³/mol. The third-order valence-corrected chi connectivity index (χ3v) is 2.30. The smallest absolute Gasteiger partial charge is 0.153 e. The lowest BCUT2D eigenvalue weighted by Gasteiger charge is -2.10. The van der Waals surface area contributed by atoms with Crippen LogP contribution in [0.15, 0.2) is 30.3 Å². The highest BCUT2D eigenvalue weighted by atomic mass is 16.5. The molecule has 1 aromatic heterocycles. The van der Waals surface area contributed by atoms with Crippen molar-refractivity contribution in [3.05, 3.63) is 35.9 Å². The van der Waals surface area contributed by atoms with E-state index in [-0.39, 0.29) is 0 Å². The van der Waals surface area contributed by atoms with Crippen LogP contribution in [-0.4, -0.2) is 17.3 Å². The van der Waals surface area contributed by atoms with Crippen LogP contribution in [0.2, 0.25) is 0 Å². The molecule has 0 amide bonds. The second-order valence-electron chi connectivity index (χ2n) is 3.67. The summed E-state index contributed by atoms with van der Waals surface area (Å²) in [5.41, 5.74) is 7.46. The fourth-order valence-corrected chi connectivity index (χ4v) is 1.47. The molecular formula is C12H14N4O. The molecule has 0 atom stereocenters. The van der Waals surface area contributed by atoms with Crippen LogP contribution < -0.4 is 15.8 Å². The normalized spacial score (nSPS) is 10.0. The number of methoxy groups -OCH3 is 1. The van der Waals surface area contributed by atoms with Gasteiger partial charge in [-0.15, -0.1) is 10.2 Å². The summed E-state index contributed by atoms with van der Waals surface area (Å²) in [5, 5.41) is 10.9. The van der Waals surface area contributed by atoms with E-state index in [1.807, 2.05) is 25.1 Å². The van der Waals surface area contributed by atoms with Crippen LogP contribution in [-0.2, 0) is 0 Å². The molecule has 88 valence electrons. The minimum absolute atomic E-state index is 0.395. The molecule has 0 bridgehead atoms. The van der Waals surface area contributed by atoms with Crippen molar-refractivity contribution in [3.8, 4) is 5.75 Å². The van der Waals surface area contributed by atoms with Gasteiger partial charge in [-0.25, -0.2) is 0 Å². The van der Waals surface area contributed by atoms with Crippen LogP contribution >= 0.6 is 0 Å². The van der Waals surface area contributed by atoms with Crippen LogP contribution in [0.1, 0.15) is 5.56 Å². The Kier molecular flexibility index (Phi) is 3.09. The number of benzene rings is 1. The maximum absolute atomic E-state index is 5.47. The van der Waals surface area contributed by atoms with E-state index in [2.05, 4.69) is 15.5 Å². The van der Waals surface area contributed by atoms with Crippen LogP contribution in [0.5, 0.6) is 5.75 Å². The number of nitrogens with zero attached hydrogens (tertiary/aromatic N) is 2. The molecule has 3 N–H and O–H groups in total. The largest absolute Gasteiger partial charge is 0.495 e. The number of hydrogen-bond acceptors (Lipinski definition) is 5. The monoisotopic (exact) mass is 230 g/mol. The molecule has 0 spiro atoms. The number of anilines is 3. The first-order chi connectivity index (χ1) is 8.19. The molecule has 0 radical (unpaired) electrons. The van der Waals surface area contributed by atoms with Gasteiger partial charge in [0.2, 0.25) is 0 Å². The number of nitrogen functional groups attached to an aromatic ring is 1. The Labute approximate surface area is 99.6 Å². The third kappa shape index (κ3) is 2.63. The van der Waals surface area contributed by atoms with E-state index in [9.17, 15) is 0 Å². The summed E-state index contributed by atoms with van der Waals surface area (Å²) in [6.07, 6.45) is 0. The zero-order chi connectivity index (χ0) is 12.3. The zero-order valence-electron chi connectivity index (χ0n) is 9.77. The first kappa shape index (κ1) is 11.2. The summed E-state index contributed by atoms with van der Waals surface area (Å²) in [7, 11) is 1.63. The summed E-state index contributed by atoms with van der Waals surface area (Å²) in [4.78, 5) is 0. The molecule has 0 unspecified atom stereocenters. The molecule has 0 saturated carbocycles. The van der Waals surface area contributed by atoms with Crippen LogP contribution in [0.3, 0.4) is 0 Å². The standard InChI is InChI=1S/C12H14N4O/c1-8-3-4-10(17-2)9(7-8)14-12-6-5-11(13)15-16-12/h3-7H,1-2H3,(H2,13,15)(H,14,16). The van der Waals surface area contributed by atoms with Gasteiger partial charge < -0.3 is 15.8 Å². The van der Waals surface area contributed by atoms with Crippen LogP contribution in [0, 0.1) is 6.92 Å². The van der Waals surface area contributed by atoms with E-state index in [1.54, 1.807) is 19.2 Å². The topological polar surface area (TPSA) is 73.1 Å². The summed E-state index contributed by atoms with van der Waals surface area (Å²) in [5.74, 6) is 1.78. The Morgan fingerprint density at radius 3 is 2.65 bits per heavy atom. The molecule has 0 aliphatic rings. The van der Waals surface area contributed by atoms with Crippen molar-refractivity contribution in [2.24, 2.45) is 0 Å². The first-order valence-electron chi connectivity index (χ1n) is 5.20. The quantitative estimate of drug-likeness (QED) is 0.844. The number of aryl methyl sites for hydroxylation is 1. The molecule has 0 fully saturated rings. The van der Waals surface area contributed by atoms with Crippen LogP contribution in [0.25, 0.3) is 0 Å². The van der Waals surface area contributed by atoms with E-state index >= 15 is 0 Å². The Morgan fingerprint density at radius 1 is 1.18 bits per heavy atom. The molecule has 17 heavy (non-hydrogen) atoms. The Balaban J connectivity index is 2.28. The van der Waals surface area contributed by atoms with Crippen molar-refractivity contribution in [2.75, 3.05) is 18.2 Å². The van der Waals surface area contributed by atoms with E-state index in [1.165, 1.54) is 0 Å². The summed E-state index contributed by atoms with van der Waals surface area (Å²) in [6.45, 7) is 2.01. The van der Waals surface area contributed by atoms with Gasteiger partial charge in [-0.1, -0.05) is 6.07 Å². The third-order valence-electron chi connectivity index (χ3n) is 2.30. The van der Waals surface area contributed by atoms with Crippen molar-refractivity contribution in [3.63, 3.8) is 0 Å². The molecule has 0 aliphatic carbocycles. The number of nitrogens with one attached hydrogen (secondary N) is 1. The van der Waals surface area contributed by atoms with Crippen molar-refractivity contribution in [1.82, 2.24) is 10.2 Å². The fourth-order valence-electron chi connectivity index (χ4n) is 1.47. The fraction of sp³-hybridized carbons (Fsp3) is 0.167. The molecular weight excluding hydrogens is 216 g/mol. The van der Waals surface area contributed by atoms with E-state index in [0.29, 0.717) is 11.6 Å². The van der Waals surface area contributed by atoms with Gasteiger partial charge in [0.15, 0.2) is 5.82 Å². The number of nitrogens with two attached hydrogens (primary N) is 1. The van der Waals surface area contributed by atoms with Crippen LogP contribution in [0.4, 0.5) is 17.3 Å². The van der Waals surface area contributed by atoms with Crippen molar-refractivity contribution in [2.45, 2.75) is 6.92 Å². The number of aromatic nitrogens is 2. The van der Waals surface area contributed by atoms with Gasteiger partial charge in [0, 0.05) is 0 Å². The van der Waals surface area contributed by atoms with Gasteiger partial charge in [-0.05, 0) is 36.8 Å². The summed E-state index contributed by atoms with van der Waals surface area (Å²) >= 11 is 0. The van der Waals surface area contributed by atoms with Crippen molar-refractivity contribution >= 4 is 17.3 Å². The second-order valence-corrected chi connectivity index (χ2v) is 3.67. The van der Waals surface area contributed by atoms with Gasteiger partial charge in [-0.2, -0.15) is 0 Å². The Hall–Kier alpha value is -2.30. The van der Waals surface area contributed by atoms with E-state index < -0.39 is 0 Å². The second kappa shape index (κ2) is 4.69. The number of rotatable bonds is 3. The Morgan fingerprint density at radius 2 is 2.00 bits per heavy atom. The van der Waals surface area contributed by atoms with Gasteiger partial charge in [0.1, 0.15) is 11.6 Å². The van der Waals surface area contributed by atoms with Gasteiger partial charge >= 0.3 is 0 Å². The lowest BCUT2D eigenvalue weighted by molar-refractivity contribution is 0.416. The predicted octanol–water partition coefficient (Wildman–Crippen LogP) is 2.12. The molecule has 1 aromatic carbocycles. The first-order valence-corrected chi connectivity index (χ1v) is 5.20. The summed E-state index contributed by atoms with van der Waals surface area (Å²) < 4.78 is 5.26. The van der Waals surface area contributed by atoms with E-state index in [0.717, 1.165) is 17.0 Å². The lowest BCUT2D eigenvalue weighted by Crippen LogP contribution is -2.00. The number of hydrogen-bond donors (Lipinski definition) is 2. The minimum Gasteiger partial charge on any atom is -0.495 e. The highest BCUT2D eigenvalue weighted by Gasteiger charge is 2.04. The molecule has 5 nitrogen and oxygen atoms in total. The van der Waals surface area contributed by atoms with Gasteiger partial charge in [-0.3, -0.25) is 0 Å². The summed E-state index contributed by atoms with van der Waals surface area (Å²) in [6, 6.07) is 9.33. The van der Waals surface area contributed by atoms with Gasteiger partial charge in [0.25, 0.3) is 0 Å². The van der Waals surface area contributed by atoms with E-state index in [4.69, 9.17) is 10.5 Å². The average Bonchev–Trinajstić information content (AvgIpc) is 2.32. The SMILES string of the molecule is COc1ccc(C)cc1Nc1ccc(N)nn1. The highest BCUT2D eigenvalue weighted by molar-refractivity contribution is 5.65. The zero-order valence-corrected chi connectivity index (χ0v) is 9.77. The Bertz CT molecular complexity index is 510. The lowest BCUT2D eigenvalue weighted by atomic mass is 10.2. The van der Waals surface area contributed by atoms with Crippen molar-refractivity contribution in [1.29, 1.82) is 0 Å². The highest BCUT2D eigenvalue weighted by Crippen LogP contribution is 2.27. The van der Waals surface area contributed by atoms with Gasteiger partial charge in [0.05, 0.1) is 12.8 Å². The van der Waals surface area contributed by atoms with Crippen molar-refractivity contribution < 1.29 is 4.74 Å². The molecule has 1 heterocycles. The molecule has 2 aromatic rings. The maximum Gasteiger partial charge on any atom is 0.153 e. The maximum atomic E-state index is 5.47. The molecule has 0 aliphatic heterocycles. The minimum atomic E-state index is 0.395. The molecule has 0 saturated heterocycles. The number of ether oxygens (including phenoxy) is 1. The molecule has 5 heteroatoms. The average molecular weight is 230 g/mol.